The van der Waals surface area contributed by atoms with Gasteiger partial charge in [-0.1, -0.05) is 19.9 Å². The molecule has 0 bridgehead atoms. The summed E-state index contributed by atoms with van der Waals surface area (Å²) in [6.07, 6.45) is 2.24. The van der Waals surface area contributed by atoms with Crippen molar-refractivity contribution in [3.8, 4) is 0 Å². The van der Waals surface area contributed by atoms with Crippen molar-refractivity contribution in [1.82, 2.24) is 20.1 Å². The second kappa shape index (κ2) is 15.3. The Morgan fingerprint density at radius 3 is 2.50 bits per heavy atom. The number of sulfone groups is 1. The number of sulfonamides is 1. The summed E-state index contributed by atoms with van der Waals surface area (Å²) < 4.78 is 61.9. The maximum atomic E-state index is 13.5. The Labute approximate surface area is 308 Å². The predicted molar refractivity (Wildman–Crippen MR) is 201 cm³/mol. The first-order chi connectivity index (χ1) is 24.6. The zero-order valence-electron chi connectivity index (χ0n) is 30.2. The summed E-state index contributed by atoms with van der Waals surface area (Å²) in [6.45, 7) is 14.2. The van der Waals surface area contributed by atoms with E-state index in [-0.39, 0.29) is 38.8 Å². The van der Waals surface area contributed by atoms with Crippen molar-refractivity contribution in [3.05, 3.63) is 63.5 Å². The molecule has 14 nitrogen and oxygen atoms in total. The van der Waals surface area contributed by atoms with Crippen LogP contribution in [0.3, 0.4) is 0 Å². The van der Waals surface area contributed by atoms with E-state index in [4.69, 9.17) is 4.74 Å². The van der Waals surface area contributed by atoms with Gasteiger partial charge < -0.3 is 30.2 Å². The molecule has 2 aliphatic rings. The lowest BCUT2D eigenvalue weighted by atomic mass is 10.0. The molecule has 17 heteroatoms. The summed E-state index contributed by atoms with van der Waals surface area (Å²) >= 11 is 0.609. The molecule has 5 rings (SSSR count). The number of aromatic amines is 1. The molecule has 0 radical (unpaired) electrons. The van der Waals surface area contributed by atoms with Crippen LogP contribution in [0.15, 0.2) is 37.1 Å². The second-order valence-corrected chi connectivity index (χ2v) is 18.1. The van der Waals surface area contributed by atoms with E-state index in [1.165, 1.54) is 25.0 Å². The fourth-order valence-electron chi connectivity index (χ4n) is 6.56. The average Bonchev–Trinajstić information content (AvgIpc) is 3.78. The fraction of sp³-hybridized carbons (Fsp3) is 0.429. The van der Waals surface area contributed by atoms with Gasteiger partial charge in [-0.2, -0.15) is 12.8 Å². The van der Waals surface area contributed by atoms with Crippen LogP contribution in [0, 0.1) is 13.8 Å². The number of hydrogen-bond acceptors (Lipinski definition) is 10. The first kappa shape index (κ1) is 38.9. The number of methoxy groups -OCH3 is 1. The number of hydrogen-bond donors (Lipinski definition) is 3. The molecule has 2 aliphatic heterocycles. The number of fused-ring (bicyclic) bond motifs is 2. The van der Waals surface area contributed by atoms with Crippen molar-refractivity contribution in [1.29, 1.82) is 0 Å². The minimum absolute atomic E-state index is 0.0858. The molecule has 4 heterocycles. The lowest BCUT2D eigenvalue weighted by molar-refractivity contribution is -0.110. The van der Waals surface area contributed by atoms with Crippen LogP contribution < -0.4 is 10.6 Å². The standard InChI is InChI=1S/C35H44N6O8S3/c1-8-40(9-2)14-13-36-33(43)31-21(5)28(38-22(31)6)17-25-24-16-23(11-12-27(24)39-32(25)42)19-37-52(47,48)30-18-26-29(41(10-3)35(44)49-7)15-20(4)51(45,46)34(26)50-30/h11-12,16-20,29,38H,8-10,13-15H2,1-7H3,(H,36,43)(H,39,42)/b25-17-,37-19+/t20-,29-/m0/s1. The van der Waals surface area contributed by atoms with Crippen molar-refractivity contribution < 1.29 is 36.0 Å². The number of benzene rings is 1. The number of nitrogens with one attached hydrogen (secondary N) is 3. The van der Waals surface area contributed by atoms with Crippen LogP contribution in [0.4, 0.5) is 10.5 Å². The van der Waals surface area contributed by atoms with Crippen molar-refractivity contribution in [2.45, 2.75) is 67.7 Å². The van der Waals surface area contributed by atoms with Gasteiger partial charge in [-0.05, 0) is 82.6 Å². The Balaban J connectivity index is 1.42. The van der Waals surface area contributed by atoms with Gasteiger partial charge in [0.05, 0.1) is 29.5 Å². The second-order valence-electron chi connectivity index (χ2n) is 12.6. The largest absolute Gasteiger partial charge is 0.453 e. The maximum Gasteiger partial charge on any atom is 0.409 e. The molecule has 0 spiro atoms. The molecule has 0 unspecified atom stereocenters. The third-order valence-corrected chi connectivity index (χ3v) is 15.1. The third kappa shape index (κ3) is 7.44. The van der Waals surface area contributed by atoms with Gasteiger partial charge in [0.25, 0.3) is 21.8 Å². The van der Waals surface area contributed by atoms with E-state index in [9.17, 15) is 31.2 Å². The van der Waals surface area contributed by atoms with E-state index < -0.39 is 37.2 Å². The average molecular weight is 773 g/mol. The highest BCUT2D eigenvalue weighted by atomic mass is 32.3. The number of rotatable bonds is 12. The Morgan fingerprint density at radius 1 is 1.13 bits per heavy atom. The van der Waals surface area contributed by atoms with Crippen molar-refractivity contribution in [2.24, 2.45) is 4.40 Å². The maximum absolute atomic E-state index is 13.5. The van der Waals surface area contributed by atoms with Crippen molar-refractivity contribution in [3.63, 3.8) is 0 Å². The van der Waals surface area contributed by atoms with Gasteiger partial charge in [-0.25, -0.2) is 13.2 Å². The summed E-state index contributed by atoms with van der Waals surface area (Å²) in [4.78, 5) is 45.5. The molecular weight excluding hydrogens is 729 g/mol. The summed E-state index contributed by atoms with van der Waals surface area (Å²) in [5.41, 5.74) is 4.38. The van der Waals surface area contributed by atoms with E-state index in [2.05, 4.69) is 38.8 Å². The van der Waals surface area contributed by atoms with Crippen LogP contribution in [-0.2, 0) is 29.4 Å². The minimum atomic E-state index is -4.37. The van der Waals surface area contributed by atoms with E-state index in [0.29, 0.717) is 62.8 Å². The van der Waals surface area contributed by atoms with E-state index >= 15 is 0 Å². The predicted octanol–water partition coefficient (Wildman–Crippen LogP) is 4.76. The summed E-state index contributed by atoms with van der Waals surface area (Å²) in [5, 5.41) is 4.94. The quantitative estimate of drug-likeness (QED) is 0.172. The topological polar surface area (TPSA) is 187 Å². The Morgan fingerprint density at radius 2 is 1.85 bits per heavy atom. The molecule has 52 heavy (non-hydrogen) atoms. The molecule has 3 aromatic rings. The van der Waals surface area contributed by atoms with E-state index in [0.717, 1.165) is 25.8 Å². The van der Waals surface area contributed by atoms with Gasteiger partial charge in [0.1, 0.15) is 8.42 Å². The van der Waals surface area contributed by atoms with Gasteiger partial charge in [-0.3, -0.25) is 9.59 Å². The van der Waals surface area contributed by atoms with E-state index in [1.54, 1.807) is 38.1 Å². The highest BCUT2D eigenvalue weighted by Crippen LogP contribution is 2.45. The number of likely N-dealkylation sites (N-methyl/N-ethyl adjacent to an activating group) is 1. The number of anilines is 1. The van der Waals surface area contributed by atoms with Crippen molar-refractivity contribution in [2.75, 3.05) is 45.2 Å². The van der Waals surface area contributed by atoms with Gasteiger partial charge in [0.15, 0.2) is 9.84 Å². The molecule has 0 saturated carbocycles. The number of thiophene rings is 1. The molecule has 2 atom stereocenters. The molecule has 1 aromatic carbocycles. The van der Waals surface area contributed by atoms with Gasteiger partial charge in [0, 0.05) is 54.1 Å². The minimum Gasteiger partial charge on any atom is -0.453 e. The fourth-order valence-corrected chi connectivity index (χ4v) is 11.4. The number of carbonyl (C=O) groups is 3. The first-order valence-electron chi connectivity index (χ1n) is 17.0. The van der Waals surface area contributed by atoms with Crippen LogP contribution >= 0.6 is 11.3 Å². The zero-order valence-corrected chi connectivity index (χ0v) is 32.6. The summed E-state index contributed by atoms with van der Waals surface area (Å²) in [7, 11) is -6.99. The smallest absolute Gasteiger partial charge is 0.409 e. The summed E-state index contributed by atoms with van der Waals surface area (Å²) in [5.74, 6) is -0.574. The Kier molecular flexibility index (Phi) is 11.5. The lowest BCUT2D eigenvalue weighted by Crippen LogP contribution is -2.40. The molecule has 2 aromatic heterocycles. The number of ether oxygens (including phenoxy) is 1. The van der Waals surface area contributed by atoms with Gasteiger partial charge >= 0.3 is 6.09 Å². The highest BCUT2D eigenvalue weighted by Gasteiger charge is 2.43. The number of nitrogens with zero attached hydrogens (tertiary/aromatic N) is 3. The lowest BCUT2D eigenvalue weighted by Gasteiger charge is -2.34. The van der Waals surface area contributed by atoms with Crippen LogP contribution in [0.25, 0.3) is 11.6 Å². The normalized spacial score (nSPS) is 18.8. The molecule has 3 amide bonds. The van der Waals surface area contributed by atoms with Crippen molar-refractivity contribution >= 4 is 72.7 Å². The Bertz CT molecular complexity index is 2180. The number of carbonyl (C=O) groups excluding carboxylic acids is 3. The molecule has 0 aliphatic carbocycles. The van der Waals surface area contributed by atoms with Crippen LogP contribution in [0.2, 0.25) is 0 Å². The number of H-pyrrole nitrogens is 1. The van der Waals surface area contributed by atoms with Gasteiger partial charge in [0.2, 0.25) is 0 Å². The van der Waals surface area contributed by atoms with Crippen LogP contribution in [0.1, 0.15) is 84.2 Å². The van der Waals surface area contributed by atoms with Gasteiger partial charge in [-0.15, -0.1) is 11.3 Å². The first-order valence-corrected chi connectivity index (χ1v) is 20.8. The van der Waals surface area contributed by atoms with Crippen LogP contribution in [0.5, 0.6) is 0 Å². The zero-order chi connectivity index (χ0) is 38.1. The Hall–Kier alpha value is -4.32. The monoisotopic (exact) mass is 772 g/mol. The molecule has 3 N–H and O–H groups in total. The number of amides is 3. The molecule has 0 fully saturated rings. The summed E-state index contributed by atoms with van der Waals surface area (Å²) in [6, 6.07) is 5.44. The molecule has 280 valence electrons. The third-order valence-electron chi connectivity index (χ3n) is 9.55. The molecule has 0 saturated heterocycles. The molecular formula is C35H44N6O8S3. The number of aromatic nitrogens is 1. The SMILES string of the molecule is CCN(CC)CCNC(=O)c1c(C)[nH]c(/C=C2\C(=O)Nc3ccc(/C=N/S(=O)(=O)c4cc5c(s4)S(=O)(=O)[C@@H](C)C[C@@H]5N(CC)C(=O)OC)cc32)c1C. The van der Waals surface area contributed by atoms with E-state index in [1.807, 2.05) is 6.92 Å². The number of aryl methyl sites for hydroxylation is 1. The van der Waals surface area contributed by atoms with Crippen LogP contribution in [-0.4, -0.2) is 101 Å². The highest BCUT2D eigenvalue weighted by molar-refractivity contribution is 7.96.